The van der Waals surface area contributed by atoms with Gasteiger partial charge in [0.15, 0.2) is 0 Å². The van der Waals surface area contributed by atoms with Gasteiger partial charge in [0.1, 0.15) is 0 Å². The SMILES string of the molecule is CC(C)(C)NC[C@H](O)CO. The lowest BCUT2D eigenvalue weighted by Crippen LogP contribution is -2.41. The number of nitrogens with one attached hydrogen (secondary N) is 1. The number of aliphatic hydroxyl groups excluding tert-OH is 2. The van der Waals surface area contributed by atoms with Crippen molar-refractivity contribution < 1.29 is 10.2 Å². The van der Waals surface area contributed by atoms with Crippen molar-refractivity contribution in [1.29, 1.82) is 0 Å². The summed E-state index contributed by atoms with van der Waals surface area (Å²) in [7, 11) is 0. The molecular weight excluding hydrogens is 130 g/mol. The van der Waals surface area contributed by atoms with Crippen molar-refractivity contribution >= 4 is 0 Å². The summed E-state index contributed by atoms with van der Waals surface area (Å²) in [5.41, 5.74) is 0.0101. The molecule has 0 aromatic carbocycles. The van der Waals surface area contributed by atoms with Gasteiger partial charge in [0, 0.05) is 12.1 Å². The molecular formula is C7H17NO2. The predicted molar refractivity (Wildman–Crippen MR) is 40.8 cm³/mol. The van der Waals surface area contributed by atoms with Crippen molar-refractivity contribution in [3.63, 3.8) is 0 Å². The molecule has 3 N–H and O–H groups in total. The lowest BCUT2D eigenvalue weighted by molar-refractivity contribution is 0.0888. The van der Waals surface area contributed by atoms with Crippen LogP contribution in [0.5, 0.6) is 0 Å². The number of aliphatic hydroxyl groups is 2. The van der Waals surface area contributed by atoms with E-state index < -0.39 is 6.10 Å². The first-order chi connectivity index (χ1) is 4.45. The molecule has 0 aliphatic heterocycles. The molecule has 0 spiro atoms. The largest absolute Gasteiger partial charge is 0.394 e. The standard InChI is InChI=1S/C7H17NO2/c1-7(2,3)8-4-6(10)5-9/h6,8-10H,4-5H2,1-3H3/t6-/m0/s1. The zero-order chi connectivity index (χ0) is 8.20. The van der Waals surface area contributed by atoms with Gasteiger partial charge in [-0.15, -0.1) is 0 Å². The number of rotatable bonds is 3. The van der Waals surface area contributed by atoms with Crippen molar-refractivity contribution in [1.82, 2.24) is 5.32 Å². The van der Waals surface area contributed by atoms with E-state index in [-0.39, 0.29) is 12.1 Å². The van der Waals surface area contributed by atoms with Crippen LogP contribution in [0.3, 0.4) is 0 Å². The van der Waals surface area contributed by atoms with Gasteiger partial charge < -0.3 is 15.5 Å². The summed E-state index contributed by atoms with van der Waals surface area (Å²) in [6.07, 6.45) is -0.640. The molecule has 0 aromatic heterocycles. The monoisotopic (exact) mass is 147 g/mol. The van der Waals surface area contributed by atoms with Crippen molar-refractivity contribution in [2.75, 3.05) is 13.2 Å². The summed E-state index contributed by atoms with van der Waals surface area (Å²) in [6.45, 7) is 6.30. The van der Waals surface area contributed by atoms with E-state index >= 15 is 0 Å². The second-order valence-corrected chi connectivity index (χ2v) is 3.47. The van der Waals surface area contributed by atoms with Gasteiger partial charge in [-0.05, 0) is 20.8 Å². The zero-order valence-corrected chi connectivity index (χ0v) is 6.89. The molecule has 0 aliphatic rings. The molecule has 0 saturated heterocycles. The van der Waals surface area contributed by atoms with Crippen LogP contribution in [0.2, 0.25) is 0 Å². The van der Waals surface area contributed by atoms with Crippen LogP contribution >= 0.6 is 0 Å². The van der Waals surface area contributed by atoms with Gasteiger partial charge in [-0.25, -0.2) is 0 Å². The quantitative estimate of drug-likeness (QED) is 0.515. The highest BCUT2D eigenvalue weighted by molar-refractivity contribution is 4.72. The van der Waals surface area contributed by atoms with E-state index in [2.05, 4.69) is 5.32 Å². The molecule has 3 nitrogen and oxygen atoms in total. The van der Waals surface area contributed by atoms with Crippen LogP contribution in [-0.2, 0) is 0 Å². The van der Waals surface area contributed by atoms with Crippen molar-refractivity contribution in [3.8, 4) is 0 Å². The van der Waals surface area contributed by atoms with Crippen LogP contribution in [0.25, 0.3) is 0 Å². The molecule has 3 heteroatoms. The highest BCUT2D eigenvalue weighted by Crippen LogP contribution is 1.97. The van der Waals surface area contributed by atoms with Gasteiger partial charge in [-0.2, -0.15) is 0 Å². The van der Waals surface area contributed by atoms with E-state index in [1.165, 1.54) is 0 Å². The zero-order valence-electron chi connectivity index (χ0n) is 6.89. The minimum absolute atomic E-state index is 0.0101. The van der Waals surface area contributed by atoms with Crippen molar-refractivity contribution in [2.24, 2.45) is 0 Å². The topological polar surface area (TPSA) is 52.5 Å². The van der Waals surface area contributed by atoms with Gasteiger partial charge in [0.2, 0.25) is 0 Å². The Morgan fingerprint density at radius 3 is 2.20 bits per heavy atom. The lowest BCUT2D eigenvalue weighted by Gasteiger charge is -2.21. The predicted octanol–water partition coefficient (Wildman–Crippen LogP) is -0.272. The smallest absolute Gasteiger partial charge is 0.0895 e. The van der Waals surface area contributed by atoms with E-state index in [1.807, 2.05) is 20.8 Å². The van der Waals surface area contributed by atoms with E-state index in [9.17, 15) is 0 Å². The average molecular weight is 147 g/mol. The van der Waals surface area contributed by atoms with Crippen LogP contribution in [0.1, 0.15) is 20.8 Å². The first-order valence-corrected chi connectivity index (χ1v) is 3.49. The Hall–Kier alpha value is -0.120. The fourth-order valence-electron chi connectivity index (χ4n) is 0.489. The summed E-state index contributed by atoms with van der Waals surface area (Å²) in [5.74, 6) is 0. The van der Waals surface area contributed by atoms with Gasteiger partial charge in [-0.3, -0.25) is 0 Å². The van der Waals surface area contributed by atoms with Crippen LogP contribution in [-0.4, -0.2) is 35.0 Å². The van der Waals surface area contributed by atoms with Crippen molar-refractivity contribution in [2.45, 2.75) is 32.4 Å². The van der Waals surface area contributed by atoms with Gasteiger partial charge >= 0.3 is 0 Å². The Labute approximate surface area is 62.1 Å². The van der Waals surface area contributed by atoms with E-state index in [0.717, 1.165) is 0 Å². The highest BCUT2D eigenvalue weighted by atomic mass is 16.3. The first kappa shape index (κ1) is 9.88. The third kappa shape index (κ3) is 6.01. The number of β-amino-alcohol motifs (C(OH)–C–C–N with tert-alkyl or cyclic N) is 1. The average Bonchev–Trinajstić information content (AvgIpc) is 1.81. The summed E-state index contributed by atoms with van der Waals surface area (Å²) in [4.78, 5) is 0. The summed E-state index contributed by atoms with van der Waals surface area (Å²) < 4.78 is 0. The molecule has 0 aromatic rings. The third-order valence-corrected chi connectivity index (χ3v) is 1.08. The maximum Gasteiger partial charge on any atom is 0.0895 e. The van der Waals surface area contributed by atoms with Crippen LogP contribution in [0.4, 0.5) is 0 Å². The molecule has 0 heterocycles. The molecule has 62 valence electrons. The molecule has 0 saturated carbocycles. The Bertz CT molecular complexity index is 88.1. The van der Waals surface area contributed by atoms with E-state index in [0.29, 0.717) is 6.54 Å². The molecule has 0 amide bonds. The summed E-state index contributed by atoms with van der Waals surface area (Å²) >= 11 is 0. The Morgan fingerprint density at radius 2 is 1.90 bits per heavy atom. The minimum Gasteiger partial charge on any atom is -0.394 e. The van der Waals surface area contributed by atoms with E-state index in [4.69, 9.17) is 10.2 Å². The first-order valence-electron chi connectivity index (χ1n) is 3.49. The molecule has 10 heavy (non-hydrogen) atoms. The maximum absolute atomic E-state index is 8.91. The Kier molecular flexibility index (Phi) is 3.86. The van der Waals surface area contributed by atoms with Crippen molar-refractivity contribution in [3.05, 3.63) is 0 Å². The Balaban J connectivity index is 3.36. The summed E-state index contributed by atoms with van der Waals surface area (Å²) in [5, 5.41) is 20.4. The molecule has 0 bridgehead atoms. The number of hydrogen-bond acceptors (Lipinski definition) is 3. The Morgan fingerprint density at radius 1 is 1.40 bits per heavy atom. The molecule has 0 unspecified atom stereocenters. The highest BCUT2D eigenvalue weighted by Gasteiger charge is 2.10. The fourth-order valence-corrected chi connectivity index (χ4v) is 0.489. The molecule has 0 radical (unpaired) electrons. The lowest BCUT2D eigenvalue weighted by atomic mass is 10.1. The fraction of sp³-hybridized carbons (Fsp3) is 1.00. The summed E-state index contributed by atoms with van der Waals surface area (Å²) in [6, 6.07) is 0. The van der Waals surface area contributed by atoms with Crippen LogP contribution in [0, 0.1) is 0 Å². The second kappa shape index (κ2) is 3.91. The van der Waals surface area contributed by atoms with Gasteiger partial charge in [0.25, 0.3) is 0 Å². The molecule has 0 fully saturated rings. The molecule has 1 atom stereocenters. The third-order valence-electron chi connectivity index (χ3n) is 1.08. The van der Waals surface area contributed by atoms with Crippen LogP contribution < -0.4 is 5.32 Å². The molecule has 0 rings (SSSR count). The maximum atomic E-state index is 8.91. The van der Waals surface area contributed by atoms with Crippen LogP contribution in [0.15, 0.2) is 0 Å². The second-order valence-electron chi connectivity index (χ2n) is 3.47. The normalized spacial score (nSPS) is 15.3. The minimum atomic E-state index is -0.640. The number of hydrogen-bond donors (Lipinski definition) is 3. The van der Waals surface area contributed by atoms with E-state index in [1.54, 1.807) is 0 Å². The molecule has 0 aliphatic carbocycles. The van der Waals surface area contributed by atoms with Gasteiger partial charge in [-0.1, -0.05) is 0 Å². The van der Waals surface area contributed by atoms with Gasteiger partial charge in [0.05, 0.1) is 12.7 Å².